The van der Waals surface area contributed by atoms with E-state index < -0.39 is 18.0 Å². The number of nitrogens with zero attached hydrogens (tertiary/aromatic N) is 1. The molecule has 0 aliphatic carbocycles. The van der Waals surface area contributed by atoms with Crippen LogP contribution in [0.25, 0.3) is 0 Å². The van der Waals surface area contributed by atoms with Crippen LogP contribution in [0.4, 0.5) is 4.39 Å². The maximum atomic E-state index is 13.5. The molecule has 0 radical (unpaired) electrons. The van der Waals surface area contributed by atoms with Crippen molar-refractivity contribution in [1.82, 2.24) is 4.90 Å². The van der Waals surface area contributed by atoms with Gasteiger partial charge in [-0.25, -0.2) is 4.39 Å². The Hall–Kier alpha value is -0.880. The first-order chi connectivity index (χ1) is 9.40. The summed E-state index contributed by atoms with van der Waals surface area (Å²) in [5, 5.41) is 9.55. The normalized spacial score (nSPS) is 20.9. The van der Waals surface area contributed by atoms with Crippen molar-refractivity contribution in [3.63, 3.8) is 0 Å². The highest BCUT2D eigenvalue weighted by atomic mass is 35.5. The first kappa shape index (κ1) is 15.5. The Kier molecular flexibility index (Phi) is 4.86. The second kappa shape index (κ2) is 6.26. The van der Waals surface area contributed by atoms with E-state index in [-0.39, 0.29) is 22.5 Å². The molecule has 1 amide bonds. The Labute approximate surface area is 126 Å². The first-order valence-corrected chi connectivity index (χ1v) is 6.88. The number of aliphatic hydroxyl groups is 1. The van der Waals surface area contributed by atoms with Crippen molar-refractivity contribution in [2.75, 3.05) is 19.7 Å². The summed E-state index contributed by atoms with van der Waals surface area (Å²) in [5.41, 5.74) is 0.441. The van der Waals surface area contributed by atoms with Gasteiger partial charge in [-0.15, -0.1) is 0 Å². The zero-order valence-electron chi connectivity index (χ0n) is 10.8. The van der Waals surface area contributed by atoms with Crippen LogP contribution >= 0.6 is 23.2 Å². The number of aliphatic hydroxyl groups excluding tert-OH is 1. The third-order valence-corrected chi connectivity index (χ3v) is 3.74. The van der Waals surface area contributed by atoms with Gasteiger partial charge in [0, 0.05) is 17.1 Å². The van der Waals surface area contributed by atoms with Gasteiger partial charge in [0.05, 0.1) is 18.2 Å². The minimum atomic E-state index is -1.08. The van der Waals surface area contributed by atoms with E-state index >= 15 is 0 Å². The molecule has 1 aliphatic rings. The lowest BCUT2D eigenvalue weighted by Gasteiger charge is -2.34. The third kappa shape index (κ3) is 3.23. The van der Waals surface area contributed by atoms with E-state index in [0.717, 1.165) is 0 Å². The number of carbonyl (C=O) groups excluding carboxylic acids is 1. The van der Waals surface area contributed by atoms with Gasteiger partial charge in [0.2, 0.25) is 0 Å². The van der Waals surface area contributed by atoms with E-state index in [0.29, 0.717) is 18.7 Å². The molecule has 0 aromatic heterocycles. The van der Waals surface area contributed by atoms with E-state index in [4.69, 9.17) is 27.9 Å². The van der Waals surface area contributed by atoms with Crippen LogP contribution in [0.2, 0.25) is 10.0 Å². The third-order valence-electron chi connectivity index (χ3n) is 3.12. The molecule has 1 saturated heterocycles. The van der Waals surface area contributed by atoms with Gasteiger partial charge in [0.1, 0.15) is 18.0 Å². The van der Waals surface area contributed by atoms with E-state index in [2.05, 4.69) is 0 Å². The summed E-state index contributed by atoms with van der Waals surface area (Å²) >= 11 is 11.7. The molecular formula is C13H14Cl2FNO3. The summed E-state index contributed by atoms with van der Waals surface area (Å²) in [6.45, 7) is 2.30. The smallest absolute Gasteiger partial charge is 0.251 e. The van der Waals surface area contributed by atoms with Gasteiger partial charge in [-0.2, -0.15) is 0 Å². The van der Waals surface area contributed by atoms with Crippen molar-refractivity contribution in [1.29, 1.82) is 0 Å². The predicted octanol–water partition coefficient (Wildman–Crippen LogP) is 2.41. The molecule has 2 rings (SSSR count). The zero-order valence-corrected chi connectivity index (χ0v) is 12.3. The molecule has 110 valence electrons. The van der Waals surface area contributed by atoms with E-state index in [1.807, 2.05) is 0 Å². The van der Waals surface area contributed by atoms with Gasteiger partial charge in [-0.1, -0.05) is 23.2 Å². The van der Waals surface area contributed by atoms with Crippen LogP contribution in [0, 0.1) is 5.82 Å². The molecule has 4 nitrogen and oxygen atoms in total. The molecule has 1 heterocycles. The topological polar surface area (TPSA) is 49.8 Å². The molecule has 20 heavy (non-hydrogen) atoms. The van der Waals surface area contributed by atoms with Crippen molar-refractivity contribution >= 4 is 29.1 Å². The molecule has 0 bridgehead atoms. The molecule has 1 aliphatic heterocycles. The van der Waals surface area contributed by atoms with Crippen LogP contribution < -0.4 is 0 Å². The van der Waals surface area contributed by atoms with Gasteiger partial charge in [0.25, 0.3) is 5.91 Å². The number of hydrogen-bond acceptors (Lipinski definition) is 3. The van der Waals surface area contributed by atoms with Crippen molar-refractivity contribution < 1.29 is 19.0 Å². The van der Waals surface area contributed by atoms with Gasteiger partial charge < -0.3 is 14.7 Å². The number of benzene rings is 1. The molecule has 1 N–H and O–H groups in total. The van der Waals surface area contributed by atoms with Crippen LogP contribution in [-0.4, -0.2) is 41.7 Å². The molecule has 7 heteroatoms. The summed E-state index contributed by atoms with van der Waals surface area (Å²) < 4.78 is 19.1. The van der Waals surface area contributed by atoms with Crippen molar-refractivity contribution in [3.8, 4) is 0 Å². The lowest BCUT2D eigenvalue weighted by molar-refractivity contribution is -0.147. The number of morpholine rings is 1. The molecule has 1 aromatic carbocycles. The standard InChI is InChI=1S/C13H14Cl2FNO3/c1-7(18)13(19)17-2-3-20-12(6-17)8-4-11(16)10(15)5-9(8)14/h4-5,7,12,18H,2-3,6H2,1H3. The second-order valence-corrected chi connectivity index (χ2v) is 5.42. The summed E-state index contributed by atoms with van der Waals surface area (Å²) in [6.07, 6.45) is -1.61. The van der Waals surface area contributed by atoms with Gasteiger partial charge in [-0.05, 0) is 19.1 Å². The van der Waals surface area contributed by atoms with Crippen LogP contribution in [-0.2, 0) is 9.53 Å². The van der Waals surface area contributed by atoms with Crippen molar-refractivity contribution in [2.45, 2.75) is 19.1 Å². The Balaban J connectivity index is 2.21. The molecule has 2 atom stereocenters. The summed E-state index contributed by atoms with van der Waals surface area (Å²) in [6, 6.07) is 2.53. The summed E-state index contributed by atoms with van der Waals surface area (Å²) in [7, 11) is 0. The van der Waals surface area contributed by atoms with Crippen LogP contribution in [0.15, 0.2) is 12.1 Å². The fraction of sp³-hybridized carbons (Fsp3) is 0.462. The lowest BCUT2D eigenvalue weighted by atomic mass is 10.1. The SMILES string of the molecule is CC(O)C(=O)N1CCOC(c2cc(F)c(Cl)cc2Cl)C1. The Morgan fingerprint density at radius 3 is 2.85 bits per heavy atom. The number of rotatable bonds is 2. The quantitative estimate of drug-likeness (QED) is 0.851. The highest BCUT2D eigenvalue weighted by Gasteiger charge is 2.29. The fourth-order valence-corrected chi connectivity index (χ4v) is 2.59. The van der Waals surface area contributed by atoms with E-state index in [1.54, 1.807) is 0 Å². The highest BCUT2D eigenvalue weighted by molar-refractivity contribution is 6.35. The summed E-state index contributed by atoms with van der Waals surface area (Å²) in [4.78, 5) is 13.2. The van der Waals surface area contributed by atoms with Gasteiger partial charge in [-0.3, -0.25) is 4.79 Å². The lowest BCUT2D eigenvalue weighted by Crippen LogP contribution is -2.46. The fourth-order valence-electron chi connectivity index (χ4n) is 2.09. The minimum Gasteiger partial charge on any atom is -0.384 e. The van der Waals surface area contributed by atoms with E-state index in [9.17, 15) is 14.3 Å². The predicted molar refractivity (Wildman–Crippen MR) is 73.4 cm³/mol. The van der Waals surface area contributed by atoms with Crippen LogP contribution in [0.1, 0.15) is 18.6 Å². The molecule has 2 unspecified atom stereocenters. The molecule has 0 spiro atoms. The average Bonchev–Trinajstić information content (AvgIpc) is 2.42. The van der Waals surface area contributed by atoms with Gasteiger partial charge >= 0.3 is 0 Å². The molecule has 1 fully saturated rings. The maximum absolute atomic E-state index is 13.5. The van der Waals surface area contributed by atoms with Crippen molar-refractivity contribution in [2.24, 2.45) is 0 Å². The molecule has 1 aromatic rings. The number of amides is 1. The minimum absolute atomic E-state index is 0.0635. The van der Waals surface area contributed by atoms with Crippen molar-refractivity contribution in [3.05, 3.63) is 33.6 Å². The second-order valence-electron chi connectivity index (χ2n) is 4.61. The highest BCUT2D eigenvalue weighted by Crippen LogP contribution is 2.32. The Morgan fingerprint density at radius 1 is 1.50 bits per heavy atom. The van der Waals surface area contributed by atoms with Crippen LogP contribution in [0.3, 0.4) is 0 Å². The average molecular weight is 322 g/mol. The zero-order chi connectivity index (χ0) is 14.9. The number of carbonyl (C=O) groups is 1. The number of halogens is 3. The molecule has 0 saturated carbocycles. The van der Waals surface area contributed by atoms with Gasteiger partial charge in [0.15, 0.2) is 0 Å². The molecular weight excluding hydrogens is 308 g/mol. The maximum Gasteiger partial charge on any atom is 0.251 e. The number of ether oxygens (including phenoxy) is 1. The Bertz CT molecular complexity index is 525. The summed E-state index contributed by atoms with van der Waals surface area (Å²) in [5.74, 6) is -0.975. The monoisotopic (exact) mass is 321 g/mol. The van der Waals surface area contributed by atoms with Crippen LogP contribution in [0.5, 0.6) is 0 Å². The Morgan fingerprint density at radius 2 is 2.20 bits per heavy atom. The number of hydrogen-bond donors (Lipinski definition) is 1. The largest absolute Gasteiger partial charge is 0.384 e. The first-order valence-electron chi connectivity index (χ1n) is 6.13. The van der Waals surface area contributed by atoms with E-state index in [1.165, 1.54) is 24.0 Å².